The van der Waals surface area contributed by atoms with Gasteiger partial charge in [-0.3, -0.25) is 4.79 Å². The zero-order valence-electron chi connectivity index (χ0n) is 11.1. The van der Waals surface area contributed by atoms with Gasteiger partial charge in [-0.15, -0.1) is 0 Å². The Kier molecular flexibility index (Phi) is 8.49. The molecule has 0 aliphatic rings. The lowest BCUT2D eigenvalue weighted by Gasteiger charge is -2.09. The lowest BCUT2D eigenvalue weighted by molar-refractivity contribution is -0.142. The second-order valence-corrected chi connectivity index (χ2v) is 4.20. The molecule has 0 aliphatic heterocycles. The number of amides is 1. The molecule has 1 unspecified atom stereocenters. The average Bonchev–Trinajstić information content (AvgIpc) is 2.35. The highest BCUT2D eigenvalue weighted by Crippen LogP contribution is 2.06. The Labute approximate surface area is 107 Å². The summed E-state index contributed by atoms with van der Waals surface area (Å²) in [6.45, 7) is 4.19. The first-order valence-corrected chi connectivity index (χ1v) is 5.95. The summed E-state index contributed by atoms with van der Waals surface area (Å²) >= 11 is 0. The Bertz CT molecular complexity index is 322. The van der Waals surface area contributed by atoms with Crippen molar-refractivity contribution in [2.45, 2.75) is 39.2 Å². The fourth-order valence-corrected chi connectivity index (χ4v) is 1.31. The number of esters is 1. The lowest BCUT2D eigenvalue weighted by Crippen LogP contribution is -2.28. The van der Waals surface area contributed by atoms with Gasteiger partial charge < -0.3 is 10.1 Å². The van der Waals surface area contributed by atoms with E-state index in [0.717, 1.165) is 6.42 Å². The molecule has 0 fully saturated rings. The van der Waals surface area contributed by atoms with Crippen LogP contribution in [-0.4, -0.2) is 37.7 Å². The SMILES string of the molecule is COC(=O)C(CCCCNC(=O)C(C)C)N=C=O. The van der Waals surface area contributed by atoms with Gasteiger partial charge in [-0.2, -0.15) is 4.99 Å². The van der Waals surface area contributed by atoms with Crippen LogP contribution >= 0.6 is 0 Å². The summed E-state index contributed by atoms with van der Waals surface area (Å²) < 4.78 is 4.51. The van der Waals surface area contributed by atoms with E-state index in [-0.39, 0.29) is 11.8 Å². The fourth-order valence-electron chi connectivity index (χ4n) is 1.31. The van der Waals surface area contributed by atoms with Gasteiger partial charge in [0.25, 0.3) is 0 Å². The van der Waals surface area contributed by atoms with Gasteiger partial charge in [-0.25, -0.2) is 9.59 Å². The molecule has 0 saturated heterocycles. The summed E-state index contributed by atoms with van der Waals surface area (Å²) in [6.07, 6.45) is 3.17. The van der Waals surface area contributed by atoms with Crippen LogP contribution in [0.3, 0.4) is 0 Å². The Morgan fingerprint density at radius 2 is 2.00 bits per heavy atom. The Morgan fingerprint density at radius 3 is 2.50 bits per heavy atom. The van der Waals surface area contributed by atoms with Crippen LogP contribution in [0.25, 0.3) is 0 Å². The van der Waals surface area contributed by atoms with Crippen molar-refractivity contribution in [3.8, 4) is 0 Å². The van der Waals surface area contributed by atoms with Crippen molar-refractivity contribution >= 4 is 18.0 Å². The van der Waals surface area contributed by atoms with Crippen LogP contribution in [0.1, 0.15) is 33.1 Å². The van der Waals surface area contributed by atoms with Gasteiger partial charge in [0.15, 0.2) is 6.04 Å². The zero-order chi connectivity index (χ0) is 14.0. The number of isocyanates is 1. The van der Waals surface area contributed by atoms with Crippen molar-refractivity contribution in [3.63, 3.8) is 0 Å². The number of hydrogen-bond acceptors (Lipinski definition) is 5. The highest BCUT2D eigenvalue weighted by Gasteiger charge is 2.17. The number of aliphatic imine (C=N–C) groups is 1. The average molecular weight is 256 g/mol. The second kappa shape index (κ2) is 9.36. The molecule has 0 rings (SSSR count). The van der Waals surface area contributed by atoms with Crippen LogP contribution in [0.15, 0.2) is 4.99 Å². The zero-order valence-corrected chi connectivity index (χ0v) is 11.1. The molecule has 0 aromatic rings. The first kappa shape index (κ1) is 16.3. The molecule has 0 heterocycles. The number of methoxy groups -OCH3 is 1. The number of carbonyl (C=O) groups is 2. The van der Waals surface area contributed by atoms with E-state index in [4.69, 9.17) is 0 Å². The van der Waals surface area contributed by atoms with Gasteiger partial charge in [0.05, 0.1) is 7.11 Å². The number of rotatable bonds is 8. The van der Waals surface area contributed by atoms with Gasteiger partial charge in [-0.05, 0) is 19.3 Å². The van der Waals surface area contributed by atoms with Crippen molar-refractivity contribution in [3.05, 3.63) is 0 Å². The Morgan fingerprint density at radius 1 is 1.33 bits per heavy atom. The van der Waals surface area contributed by atoms with Gasteiger partial charge in [0, 0.05) is 12.5 Å². The first-order valence-electron chi connectivity index (χ1n) is 5.95. The Hall–Kier alpha value is -1.68. The fraction of sp³-hybridized carbons (Fsp3) is 0.750. The molecule has 0 bridgehead atoms. The van der Waals surface area contributed by atoms with E-state index in [1.807, 2.05) is 13.8 Å². The number of nitrogens with one attached hydrogen (secondary N) is 1. The molecule has 1 amide bonds. The summed E-state index contributed by atoms with van der Waals surface area (Å²) in [4.78, 5) is 36.0. The molecule has 0 aromatic carbocycles. The first-order chi connectivity index (χ1) is 8.52. The molecule has 102 valence electrons. The van der Waals surface area contributed by atoms with Crippen molar-refractivity contribution < 1.29 is 19.1 Å². The number of ether oxygens (including phenoxy) is 1. The van der Waals surface area contributed by atoms with Crippen LogP contribution < -0.4 is 5.32 Å². The molecule has 6 heteroatoms. The van der Waals surface area contributed by atoms with E-state index in [1.165, 1.54) is 13.2 Å². The number of hydrogen-bond donors (Lipinski definition) is 1. The molecule has 0 aromatic heterocycles. The van der Waals surface area contributed by atoms with Crippen molar-refractivity contribution in [2.24, 2.45) is 10.9 Å². The number of nitrogens with zero attached hydrogens (tertiary/aromatic N) is 1. The Balaban J connectivity index is 3.84. The normalized spacial score (nSPS) is 11.6. The smallest absolute Gasteiger partial charge is 0.331 e. The lowest BCUT2D eigenvalue weighted by atomic mass is 10.1. The maximum Gasteiger partial charge on any atom is 0.331 e. The molecule has 0 aliphatic carbocycles. The quantitative estimate of drug-likeness (QED) is 0.301. The van der Waals surface area contributed by atoms with E-state index in [0.29, 0.717) is 19.4 Å². The summed E-state index contributed by atoms with van der Waals surface area (Å²) in [5, 5.41) is 2.77. The number of unbranched alkanes of at least 4 members (excludes halogenated alkanes) is 1. The van der Waals surface area contributed by atoms with E-state index < -0.39 is 12.0 Å². The predicted molar refractivity (Wildman–Crippen MR) is 65.6 cm³/mol. The molecule has 6 nitrogen and oxygen atoms in total. The standard InChI is InChI=1S/C12H20N2O4/c1-9(2)11(16)13-7-5-4-6-10(14-8-15)12(17)18-3/h9-10H,4-7H2,1-3H3,(H,13,16). The van der Waals surface area contributed by atoms with Crippen LogP contribution in [-0.2, 0) is 19.1 Å². The topological polar surface area (TPSA) is 84.8 Å². The predicted octanol–water partition coefficient (Wildman–Crippen LogP) is 0.806. The molecule has 0 spiro atoms. The van der Waals surface area contributed by atoms with E-state index in [2.05, 4.69) is 15.0 Å². The van der Waals surface area contributed by atoms with Crippen molar-refractivity contribution in [2.75, 3.05) is 13.7 Å². The van der Waals surface area contributed by atoms with Crippen LogP contribution in [0, 0.1) is 5.92 Å². The maximum atomic E-state index is 11.2. The van der Waals surface area contributed by atoms with Gasteiger partial charge in [0.1, 0.15) is 0 Å². The minimum Gasteiger partial charge on any atom is -0.467 e. The van der Waals surface area contributed by atoms with Crippen LogP contribution in [0.4, 0.5) is 0 Å². The molecule has 18 heavy (non-hydrogen) atoms. The minimum atomic E-state index is -0.784. The third kappa shape index (κ3) is 6.81. The minimum absolute atomic E-state index is 0.00503. The molecular weight excluding hydrogens is 236 g/mol. The van der Waals surface area contributed by atoms with Crippen molar-refractivity contribution in [1.29, 1.82) is 0 Å². The summed E-state index contributed by atoms with van der Waals surface area (Å²) in [5.74, 6) is -0.567. The van der Waals surface area contributed by atoms with E-state index in [9.17, 15) is 14.4 Å². The third-order valence-corrected chi connectivity index (χ3v) is 2.41. The van der Waals surface area contributed by atoms with Gasteiger partial charge in [-0.1, -0.05) is 13.8 Å². The largest absolute Gasteiger partial charge is 0.467 e. The highest BCUT2D eigenvalue weighted by atomic mass is 16.5. The summed E-state index contributed by atoms with van der Waals surface area (Å²) in [7, 11) is 1.25. The molecule has 0 radical (unpaired) electrons. The van der Waals surface area contributed by atoms with Crippen LogP contribution in [0.5, 0.6) is 0 Å². The van der Waals surface area contributed by atoms with E-state index >= 15 is 0 Å². The van der Waals surface area contributed by atoms with E-state index in [1.54, 1.807) is 0 Å². The highest BCUT2D eigenvalue weighted by molar-refractivity contribution is 5.77. The summed E-state index contributed by atoms with van der Waals surface area (Å²) in [5.41, 5.74) is 0. The summed E-state index contributed by atoms with van der Waals surface area (Å²) in [6, 6.07) is -0.784. The molecule has 1 N–H and O–H groups in total. The number of carbonyl (C=O) groups excluding carboxylic acids is 3. The van der Waals surface area contributed by atoms with Gasteiger partial charge >= 0.3 is 5.97 Å². The van der Waals surface area contributed by atoms with Crippen molar-refractivity contribution in [1.82, 2.24) is 5.32 Å². The molecular formula is C12H20N2O4. The van der Waals surface area contributed by atoms with Gasteiger partial charge in [0.2, 0.25) is 12.0 Å². The molecule has 1 atom stereocenters. The van der Waals surface area contributed by atoms with Crippen LogP contribution in [0.2, 0.25) is 0 Å². The monoisotopic (exact) mass is 256 g/mol. The second-order valence-electron chi connectivity index (χ2n) is 4.20. The maximum absolute atomic E-state index is 11.2. The third-order valence-electron chi connectivity index (χ3n) is 2.41. The molecule has 0 saturated carbocycles.